The van der Waals surface area contributed by atoms with E-state index in [1.165, 1.54) is 0 Å². The molecule has 0 N–H and O–H groups in total. The highest BCUT2D eigenvalue weighted by Gasteiger charge is 2.18. The first-order valence-corrected chi connectivity index (χ1v) is 5.75. The molecule has 0 aliphatic carbocycles. The Labute approximate surface area is 103 Å². The Hall–Kier alpha value is -1.82. The molecule has 0 aromatic heterocycles. The molecule has 3 nitrogen and oxygen atoms in total. The molecule has 0 saturated carbocycles. The molecule has 3 heteroatoms. The fraction of sp³-hybridized carbons (Fsp3) is 0.429. The van der Waals surface area contributed by atoms with Crippen molar-refractivity contribution < 1.29 is 4.79 Å². The van der Waals surface area contributed by atoms with E-state index in [4.69, 9.17) is 5.26 Å². The molecule has 0 heterocycles. The van der Waals surface area contributed by atoms with Gasteiger partial charge in [0.15, 0.2) is 0 Å². The van der Waals surface area contributed by atoms with Gasteiger partial charge in [-0.3, -0.25) is 4.79 Å². The lowest BCUT2D eigenvalue weighted by Crippen LogP contribution is -2.32. The van der Waals surface area contributed by atoms with Crippen LogP contribution < -0.4 is 0 Å². The molecule has 0 atom stereocenters. The van der Waals surface area contributed by atoms with E-state index in [0.717, 1.165) is 22.3 Å². The second-order valence-electron chi connectivity index (χ2n) is 4.25. The molecule has 0 unspecified atom stereocenters. The topological polar surface area (TPSA) is 44.1 Å². The zero-order valence-electron chi connectivity index (χ0n) is 10.9. The number of rotatable bonds is 3. The molecule has 1 amide bonds. The maximum atomic E-state index is 12.3. The highest BCUT2D eigenvalue weighted by atomic mass is 16.2. The van der Waals surface area contributed by atoms with Crippen LogP contribution in [0, 0.1) is 32.1 Å². The standard InChI is InChI=1S/C14H18N2O/c1-5-16(7-6-15)14(17)13-11(3)8-10(2)9-12(13)4/h8-9H,5,7H2,1-4H3. The van der Waals surface area contributed by atoms with E-state index in [1.54, 1.807) is 4.90 Å². The quantitative estimate of drug-likeness (QED) is 0.749. The number of carbonyl (C=O) groups is 1. The van der Waals surface area contributed by atoms with Crippen LogP contribution in [0.2, 0.25) is 0 Å². The van der Waals surface area contributed by atoms with Crippen LogP contribution in [0.1, 0.15) is 34.0 Å². The number of aryl methyl sites for hydroxylation is 3. The van der Waals surface area contributed by atoms with Crippen molar-refractivity contribution in [3.05, 3.63) is 34.4 Å². The maximum absolute atomic E-state index is 12.3. The fourth-order valence-electron chi connectivity index (χ4n) is 2.09. The Morgan fingerprint density at radius 2 is 1.82 bits per heavy atom. The highest BCUT2D eigenvalue weighted by Crippen LogP contribution is 2.18. The van der Waals surface area contributed by atoms with E-state index in [-0.39, 0.29) is 12.5 Å². The first-order chi connectivity index (χ1) is 8.01. The molecule has 0 radical (unpaired) electrons. The van der Waals surface area contributed by atoms with E-state index < -0.39 is 0 Å². The zero-order valence-corrected chi connectivity index (χ0v) is 10.9. The molecule has 1 aromatic carbocycles. The van der Waals surface area contributed by atoms with Crippen LogP contribution in [0.3, 0.4) is 0 Å². The average molecular weight is 230 g/mol. The Morgan fingerprint density at radius 1 is 1.29 bits per heavy atom. The van der Waals surface area contributed by atoms with Crippen molar-refractivity contribution in [2.24, 2.45) is 0 Å². The lowest BCUT2D eigenvalue weighted by molar-refractivity contribution is 0.0782. The minimum absolute atomic E-state index is 0.0518. The summed E-state index contributed by atoms with van der Waals surface area (Å²) in [6.07, 6.45) is 0. The van der Waals surface area contributed by atoms with E-state index in [2.05, 4.69) is 0 Å². The predicted octanol–water partition coefficient (Wildman–Crippen LogP) is 2.60. The second-order valence-corrected chi connectivity index (χ2v) is 4.25. The molecule has 0 spiro atoms. The third-order valence-electron chi connectivity index (χ3n) is 2.82. The van der Waals surface area contributed by atoms with Gasteiger partial charge in [0.1, 0.15) is 6.54 Å². The third-order valence-corrected chi connectivity index (χ3v) is 2.82. The van der Waals surface area contributed by atoms with Gasteiger partial charge in [0.25, 0.3) is 5.91 Å². The van der Waals surface area contributed by atoms with Gasteiger partial charge in [0, 0.05) is 12.1 Å². The highest BCUT2D eigenvalue weighted by molar-refractivity contribution is 5.97. The van der Waals surface area contributed by atoms with Gasteiger partial charge < -0.3 is 4.90 Å². The summed E-state index contributed by atoms with van der Waals surface area (Å²) in [5.41, 5.74) is 3.83. The summed E-state index contributed by atoms with van der Waals surface area (Å²) in [7, 11) is 0. The Balaban J connectivity index is 3.16. The van der Waals surface area contributed by atoms with Crippen LogP contribution in [0.15, 0.2) is 12.1 Å². The Bertz CT molecular complexity index is 449. The lowest BCUT2D eigenvalue weighted by Gasteiger charge is -2.20. The van der Waals surface area contributed by atoms with Crippen molar-refractivity contribution in [3.63, 3.8) is 0 Å². The molecule has 1 rings (SSSR count). The van der Waals surface area contributed by atoms with Gasteiger partial charge in [-0.1, -0.05) is 17.7 Å². The predicted molar refractivity (Wildman–Crippen MR) is 67.8 cm³/mol. The summed E-state index contributed by atoms with van der Waals surface area (Å²) in [5, 5.41) is 8.70. The lowest BCUT2D eigenvalue weighted by atomic mass is 9.99. The molecule has 0 bridgehead atoms. The second kappa shape index (κ2) is 5.49. The van der Waals surface area contributed by atoms with Crippen LogP contribution in [0.25, 0.3) is 0 Å². The molecule has 17 heavy (non-hydrogen) atoms. The van der Waals surface area contributed by atoms with Crippen LogP contribution in [0.4, 0.5) is 0 Å². The van der Waals surface area contributed by atoms with Gasteiger partial charge in [-0.15, -0.1) is 0 Å². The van der Waals surface area contributed by atoms with Gasteiger partial charge in [0.2, 0.25) is 0 Å². The van der Waals surface area contributed by atoms with Crippen molar-refractivity contribution in [1.82, 2.24) is 4.90 Å². The smallest absolute Gasteiger partial charge is 0.255 e. The van der Waals surface area contributed by atoms with Gasteiger partial charge in [0.05, 0.1) is 6.07 Å². The molecule has 0 saturated heterocycles. The monoisotopic (exact) mass is 230 g/mol. The van der Waals surface area contributed by atoms with E-state index in [9.17, 15) is 4.79 Å². The van der Waals surface area contributed by atoms with Crippen molar-refractivity contribution in [1.29, 1.82) is 5.26 Å². The maximum Gasteiger partial charge on any atom is 0.255 e. The molecule has 1 aromatic rings. The zero-order chi connectivity index (χ0) is 13.0. The number of amides is 1. The number of nitriles is 1. The van der Waals surface area contributed by atoms with Crippen LogP contribution in [0.5, 0.6) is 0 Å². The molecular weight excluding hydrogens is 212 g/mol. The fourth-order valence-corrected chi connectivity index (χ4v) is 2.09. The van der Waals surface area contributed by atoms with Gasteiger partial charge >= 0.3 is 0 Å². The summed E-state index contributed by atoms with van der Waals surface area (Å²) in [6, 6.07) is 6.03. The van der Waals surface area contributed by atoms with Crippen LogP contribution in [-0.4, -0.2) is 23.9 Å². The van der Waals surface area contributed by atoms with Crippen LogP contribution >= 0.6 is 0 Å². The number of hydrogen-bond donors (Lipinski definition) is 0. The minimum Gasteiger partial charge on any atom is -0.326 e. The van der Waals surface area contributed by atoms with Crippen molar-refractivity contribution in [3.8, 4) is 6.07 Å². The summed E-state index contributed by atoms with van der Waals surface area (Å²) < 4.78 is 0. The SMILES string of the molecule is CCN(CC#N)C(=O)c1c(C)cc(C)cc1C. The molecule has 0 fully saturated rings. The molecule has 0 aliphatic heterocycles. The molecule has 90 valence electrons. The summed E-state index contributed by atoms with van der Waals surface area (Å²) >= 11 is 0. The Morgan fingerprint density at radius 3 is 2.24 bits per heavy atom. The van der Waals surface area contributed by atoms with E-state index >= 15 is 0 Å². The van der Waals surface area contributed by atoms with E-state index in [1.807, 2.05) is 45.9 Å². The van der Waals surface area contributed by atoms with Crippen molar-refractivity contribution in [2.75, 3.05) is 13.1 Å². The summed E-state index contributed by atoms with van der Waals surface area (Å²) in [5.74, 6) is -0.0518. The minimum atomic E-state index is -0.0518. The van der Waals surface area contributed by atoms with Crippen molar-refractivity contribution in [2.45, 2.75) is 27.7 Å². The molecular formula is C14H18N2O. The number of nitrogens with zero attached hydrogens (tertiary/aromatic N) is 2. The summed E-state index contributed by atoms with van der Waals surface area (Å²) in [6.45, 7) is 8.47. The average Bonchev–Trinajstić information content (AvgIpc) is 2.24. The van der Waals surface area contributed by atoms with Crippen molar-refractivity contribution >= 4 is 5.91 Å². The normalized spacial score (nSPS) is 9.82. The molecule has 0 aliphatic rings. The number of carbonyl (C=O) groups excluding carboxylic acids is 1. The van der Waals surface area contributed by atoms with Gasteiger partial charge in [-0.25, -0.2) is 0 Å². The van der Waals surface area contributed by atoms with Gasteiger partial charge in [-0.05, 0) is 38.8 Å². The number of benzene rings is 1. The number of hydrogen-bond acceptors (Lipinski definition) is 2. The van der Waals surface area contributed by atoms with E-state index in [0.29, 0.717) is 6.54 Å². The van der Waals surface area contributed by atoms with Crippen LogP contribution in [-0.2, 0) is 0 Å². The third kappa shape index (κ3) is 2.85. The Kier molecular flexibility index (Phi) is 4.28. The van der Waals surface area contributed by atoms with Gasteiger partial charge in [-0.2, -0.15) is 5.26 Å². The first kappa shape index (κ1) is 13.2. The first-order valence-electron chi connectivity index (χ1n) is 5.75. The largest absolute Gasteiger partial charge is 0.326 e. The summed E-state index contributed by atoms with van der Waals surface area (Å²) in [4.78, 5) is 13.9.